The van der Waals surface area contributed by atoms with E-state index in [2.05, 4.69) is 20.8 Å². The minimum absolute atomic E-state index is 0.0258. The van der Waals surface area contributed by atoms with Gasteiger partial charge in [0.1, 0.15) is 4.21 Å². The van der Waals surface area contributed by atoms with Crippen molar-refractivity contribution in [2.45, 2.75) is 37.3 Å². The van der Waals surface area contributed by atoms with Crippen LogP contribution in [0.25, 0.3) is 0 Å². The Bertz CT molecular complexity index is 408. The van der Waals surface area contributed by atoms with E-state index >= 15 is 0 Å². The highest BCUT2D eigenvalue weighted by Crippen LogP contribution is 2.29. The first-order valence-corrected chi connectivity index (χ1v) is 7.12. The highest BCUT2D eigenvalue weighted by Gasteiger charge is 2.20. The summed E-state index contributed by atoms with van der Waals surface area (Å²) in [5.41, 5.74) is 1.12. The molecule has 0 unspecified atom stereocenters. The lowest BCUT2D eigenvalue weighted by molar-refractivity contribution is 0.589. The van der Waals surface area contributed by atoms with E-state index in [9.17, 15) is 8.42 Å². The molecule has 0 aliphatic carbocycles. The molecule has 4 heteroatoms. The predicted octanol–water partition coefficient (Wildman–Crippen LogP) is 2.84. The molecule has 0 spiro atoms. The first-order valence-electron chi connectivity index (χ1n) is 4.59. The summed E-state index contributed by atoms with van der Waals surface area (Å²) >= 11 is 1.32. The first-order chi connectivity index (χ1) is 6.27. The SMILES string of the molecule is CCS(=O)(=O)c1cc(C(C)(C)C)cs1. The number of sulfone groups is 1. The van der Waals surface area contributed by atoms with E-state index in [0.717, 1.165) is 5.56 Å². The molecule has 0 fully saturated rings. The van der Waals surface area contributed by atoms with Crippen molar-refractivity contribution in [2.75, 3.05) is 5.75 Å². The van der Waals surface area contributed by atoms with Gasteiger partial charge in [0.25, 0.3) is 0 Å². The average molecular weight is 232 g/mol. The molecule has 0 aliphatic heterocycles. The summed E-state index contributed by atoms with van der Waals surface area (Å²) in [7, 11) is -3.02. The summed E-state index contributed by atoms with van der Waals surface area (Å²) in [5.74, 6) is 0.178. The molecule has 1 aromatic rings. The summed E-state index contributed by atoms with van der Waals surface area (Å²) in [5, 5.41) is 1.93. The molecule has 0 aliphatic rings. The van der Waals surface area contributed by atoms with Crippen molar-refractivity contribution < 1.29 is 8.42 Å². The van der Waals surface area contributed by atoms with Gasteiger partial charge in [0.15, 0.2) is 9.84 Å². The second-order valence-corrected chi connectivity index (χ2v) is 7.72. The van der Waals surface area contributed by atoms with Gasteiger partial charge < -0.3 is 0 Å². The first kappa shape index (κ1) is 11.7. The van der Waals surface area contributed by atoms with Gasteiger partial charge in [0.05, 0.1) is 5.75 Å². The molecule has 0 N–H and O–H groups in total. The Morgan fingerprint density at radius 1 is 1.36 bits per heavy atom. The zero-order valence-corrected chi connectivity index (χ0v) is 10.6. The second-order valence-electron chi connectivity index (χ2n) is 4.31. The fourth-order valence-electron chi connectivity index (χ4n) is 1.02. The lowest BCUT2D eigenvalue weighted by atomic mass is 9.90. The van der Waals surface area contributed by atoms with E-state index in [4.69, 9.17) is 0 Å². The van der Waals surface area contributed by atoms with Crippen molar-refractivity contribution in [3.63, 3.8) is 0 Å². The van der Waals surface area contributed by atoms with Crippen LogP contribution in [0.2, 0.25) is 0 Å². The van der Waals surface area contributed by atoms with Gasteiger partial charge in [-0.25, -0.2) is 8.42 Å². The summed E-state index contributed by atoms with van der Waals surface area (Å²) in [6.45, 7) is 7.91. The second kappa shape index (κ2) is 3.66. The molecule has 0 aromatic carbocycles. The summed E-state index contributed by atoms with van der Waals surface area (Å²) in [6.07, 6.45) is 0. The van der Waals surface area contributed by atoms with E-state index in [0.29, 0.717) is 4.21 Å². The molecular weight excluding hydrogens is 216 g/mol. The molecule has 0 saturated heterocycles. The van der Waals surface area contributed by atoms with Gasteiger partial charge in [-0.15, -0.1) is 11.3 Å². The zero-order chi connectivity index (χ0) is 11.0. The third-order valence-corrected chi connectivity index (χ3v) is 5.39. The van der Waals surface area contributed by atoms with Crippen LogP contribution >= 0.6 is 11.3 Å². The summed E-state index contributed by atoms with van der Waals surface area (Å²) in [6, 6.07) is 1.80. The van der Waals surface area contributed by atoms with Crippen molar-refractivity contribution >= 4 is 21.2 Å². The van der Waals surface area contributed by atoms with Crippen LogP contribution in [0.1, 0.15) is 33.3 Å². The van der Waals surface area contributed by atoms with Crippen LogP contribution in [0.15, 0.2) is 15.7 Å². The largest absolute Gasteiger partial charge is 0.223 e. The van der Waals surface area contributed by atoms with Gasteiger partial charge in [0, 0.05) is 0 Å². The van der Waals surface area contributed by atoms with Crippen LogP contribution < -0.4 is 0 Å². The van der Waals surface area contributed by atoms with E-state index in [1.165, 1.54) is 11.3 Å². The molecule has 0 amide bonds. The van der Waals surface area contributed by atoms with Gasteiger partial charge in [0.2, 0.25) is 0 Å². The smallest absolute Gasteiger partial charge is 0.187 e. The Labute approximate surface area is 89.9 Å². The summed E-state index contributed by atoms with van der Waals surface area (Å²) < 4.78 is 23.6. The minimum Gasteiger partial charge on any atom is -0.223 e. The number of thiophene rings is 1. The Hall–Kier alpha value is -0.350. The van der Waals surface area contributed by atoms with Gasteiger partial charge in [-0.1, -0.05) is 27.7 Å². The van der Waals surface area contributed by atoms with E-state index < -0.39 is 9.84 Å². The van der Waals surface area contributed by atoms with E-state index in [1.54, 1.807) is 13.0 Å². The molecule has 80 valence electrons. The molecule has 2 nitrogen and oxygen atoms in total. The van der Waals surface area contributed by atoms with Gasteiger partial charge in [-0.3, -0.25) is 0 Å². The average Bonchev–Trinajstić information content (AvgIpc) is 2.51. The quantitative estimate of drug-likeness (QED) is 0.785. The Balaban J connectivity index is 3.13. The van der Waals surface area contributed by atoms with Crippen LogP contribution in [0.4, 0.5) is 0 Å². The van der Waals surface area contributed by atoms with Crippen molar-refractivity contribution in [2.24, 2.45) is 0 Å². The Kier molecular flexibility index (Phi) is 3.07. The van der Waals surface area contributed by atoms with E-state index in [-0.39, 0.29) is 11.2 Å². The fraction of sp³-hybridized carbons (Fsp3) is 0.600. The van der Waals surface area contributed by atoms with Crippen molar-refractivity contribution in [1.29, 1.82) is 0 Å². The number of hydrogen-bond acceptors (Lipinski definition) is 3. The van der Waals surface area contributed by atoms with Gasteiger partial charge in [-0.05, 0) is 22.4 Å². The fourth-order valence-corrected chi connectivity index (χ4v) is 3.55. The van der Waals surface area contributed by atoms with Crippen LogP contribution in [0.5, 0.6) is 0 Å². The minimum atomic E-state index is -3.02. The van der Waals surface area contributed by atoms with Crippen LogP contribution in [0.3, 0.4) is 0 Å². The number of hydrogen-bond donors (Lipinski definition) is 0. The lowest BCUT2D eigenvalue weighted by Gasteiger charge is -2.15. The molecule has 14 heavy (non-hydrogen) atoms. The maximum Gasteiger partial charge on any atom is 0.187 e. The maximum atomic E-state index is 11.6. The molecule has 1 aromatic heterocycles. The number of rotatable bonds is 2. The van der Waals surface area contributed by atoms with Crippen LogP contribution in [0, 0.1) is 0 Å². The summed E-state index contributed by atoms with van der Waals surface area (Å²) in [4.78, 5) is 0. The standard InChI is InChI=1S/C10H16O2S2/c1-5-14(11,12)9-6-8(7-13-9)10(2,3)4/h6-7H,5H2,1-4H3. The topological polar surface area (TPSA) is 34.1 Å². The molecular formula is C10H16O2S2. The van der Waals surface area contributed by atoms with Gasteiger partial charge >= 0.3 is 0 Å². The third kappa shape index (κ3) is 2.36. The van der Waals surface area contributed by atoms with Crippen molar-refractivity contribution in [3.8, 4) is 0 Å². The highest BCUT2D eigenvalue weighted by molar-refractivity contribution is 7.93. The Morgan fingerprint density at radius 2 is 1.93 bits per heavy atom. The van der Waals surface area contributed by atoms with Crippen molar-refractivity contribution in [3.05, 3.63) is 17.0 Å². The zero-order valence-electron chi connectivity index (χ0n) is 8.99. The van der Waals surface area contributed by atoms with Crippen molar-refractivity contribution in [1.82, 2.24) is 0 Å². The van der Waals surface area contributed by atoms with Crippen LogP contribution in [-0.2, 0) is 15.3 Å². The highest BCUT2D eigenvalue weighted by atomic mass is 32.2. The molecule has 0 radical (unpaired) electrons. The Morgan fingerprint density at radius 3 is 2.29 bits per heavy atom. The van der Waals surface area contributed by atoms with Gasteiger partial charge in [-0.2, -0.15) is 0 Å². The lowest BCUT2D eigenvalue weighted by Crippen LogP contribution is -2.09. The monoisotopic (exact) mass is 232 g/mol. The maximum absolute atomic E-state index is 11.6. The van der Waals surface area contributed by atoms with Crippen LogP contribution in [-0.4, -0.2) is 14.2 Å². The third-order valence-electron chi connectivity index (χ3n) is 2.13. The molecule has 0 saturated carbocycles. The predicted molar refractivity (Wildman–Crippen MR) is 60.7 cm³/mol. The van der Waals surface area contributed by atoms with E-state index in [1.807, 2.05) is 5.38 Å². The molecule has 0 bridgehead atoms. The molecule has 0 atom stereocenters. The molecule has 1 heterocycles. The molecule has 1 rings (SSSR count). The normalized spacial score (nSPS) is 13.1.